The van der Waals surface area contributed by atoms with Gasteiger partial charge in [0, 0.05) is 24.5 Å². The molecule has 0 aliphatic carbocycles. The topological polar surface area (TPSA) is 199 Å². The van der Waals surface area contributed by atoms with E-state index in [2.05, 4.69) is 25.3 Å². The van der Waals surface area contributed by atoms with E-state index >= 15 is 0 Å². The van der Waals surface area contributed by atoms with Crippen molar-refractivity contribution in [1.29, 1.82) is 0 Å². The second kappa shape index (κ2) is 18.0. The number of carbonyl (C=O) groups excluding carboxylic acids is 3. The quantitative estimate of drug-likeness (QED) is 0.0450. The molecule has 0 aliphatic rings. The molecule has 4 rings (SSSR count). The molecule has 1 aromatic heterocycles. The predicted octanol–water partition coefficient (Wildman–Crippen LogP) is 2.46. The van der Waals surface area contributed by atoms with Gasteiger partial charge < -0.3 is 22.1 Å². The van der Waals surface area contributed by atoms with Crippen LogP contribution in [0.5, 0.6) is 0 Å². The van der Waals surface area contributed by atoms with Gasteiger partial charge in [0.15, 0.2) is 11.0 Å². The summed E-state index contributed by atoms with van der Waals surface area (Å²) in [6.45, 7) is 0.202. The molecule has 0 bridgehead atoms. The SMILES string of the molecule is NC(N)=NCCC[C@H](NC(=O)[C@H](Cc1cccc(F)c1)NC(=O)[C@@H](Cc1ccccc1)NS(=O)(=O)Cc1ccccc1)C(=O)c1nccs1. The molecule has 49 heavy (non-hydrogen) atoms. The van der Waals surface area contributed by atoms with E-state index in [4.69, 9.17) is 11.5 Å². The molecule has 0 radical (unpaired) electrons. The Morgan fingerprint density at radius 1 is 0.816 bits per heavy atom. The summed E-state index contributed by atoms with van der Waals surface area (Å²) in [7, 11) is -4.03. The first kappa shape index (κ1) is 36.8. The van der Waals surface area contributed by atoms with Gasteiger partial charge in [-0.15, -0.1) is 11.3 Å². The Balaban J connectivity index is 1.60. The number of aromatic nitrogens is 1. The maximum Gasteiger partial charge on any atom is 0.243 e. The molecule has 0 unspecified atom stereocenters. The first-order valence-electron chi connectivity index (χ1n) is 15.4. The highest BCUT2D eigenvalue weighted by atomic mass is 32.2. The van der Waals surface area contributed by atoms with Crippen molar-refractivity contribution >= 4 is 44.9 Å². The molecule has 3 atom stereocenters. The van der Waals surface area contributed by atoms with E-state index in [1.54, 1.807) is 72.1 Å². The lowest BCUT2D eigenvalue weighted by Gasteiger charge is -2.25. The summed E-state index contributed by atoms with van der Waals surface area (Å²) in [4.78, 5) is 49.2. The predicted molar refractivity (Wildman–Crippen MR) is 186 cm³/mol. The van der Waals surface area contributed by atoms with Crippen molar-refractivity contribution in [2.75, 3.05) is 6.54 Å². The van der Waals surface area contributed by atoms with Gasteiger partial charge in [-0.2, -0.15) is 0 Å². The maximum atomic E-state index is 14.2. The van der Waals surface area contributed by atoms with Crippen LogP contribution in [-0.4, -0.2) is 61.6 Å². The number of Topliss-reactive ketones (excluding diaryl/α,β-unsaturated/α-hetero) is 1. The van der Waals surface area contributed by atoms with Crippen LogP contribution in [0.25, 0.3) is 0 Å². The highest BCUT2D eigenvalue weighted by molar-refractivity contribution is 7.88. The number of halogens is 1. The molecule has 0 saturated heterocycles. The second-order valence-corrected chi connectivity index (χ2v) is 13.9. The zero-order valence-corrected chi connectivity index (χ0v) is 28.1. The number of carbonyl (C=O) groups is 3. The molecule has 0 saturated carbocycles. The highest BCUT2D eigenvalue weighted by Crippen LogP contribution is 2.14. The number of benzene rings is 3. The normalized spacial score (nSPS) is 13.1. The summed E-state index contributed by atoms with van der Waals surface area (Å²) >= 11 is 1.11. The Morgan fingerprint density at radius 3 is 2.06 bits per heavy atom. The average Bonchev–Trinajstić information content (AvgIpc) is 3.61. The van der Waals surface area contributed by atoms with Crippen LogP contribution >= 0.6 is 11.3 Å². The number of nitrogens with zero attached hydrogens (tertiary/aromatic N) is 2. The summed E-state index contributed by atoms with van der Waals surface area (Å²) < 4.78 is 43.2. The monoisotopic (exact) mass is 707 g/mol. The van der Waals surface area contributed by atoms with Crippen molar-refractivity contribution in [2.45, 2.75) is 49.6 Å². The van der Waals surface area contributed by atoms with Crippen molar-refractivity contribution < 1.29 is 27.2 Å². The van der Waals surface area contributed by atoms with Gasteiger partial charge in [0.1, 0.15) is 17.9 Å². The van der Waals surface area contributed by atoms with Crippen LogP contribution in [0.4, 0.5) is 4.39 Å². The fraction of sp³-hybridized carbons (Fsp3) is 0.265. The van der Waals surface area contributed by atoms with Crippen molar-refractivity contribution in [2.24, 2.45) is 16.5 Å². The molecule has 12 nitrogen and oxygen atoms in total. The lowest BCUT2D eigenvalue weighted by molar-refractivity contribution is -0.130. The van der Waals surface area contributed by atoms with Crippen LogP contribution in [0.2, 0.25) is 0 Å². The van der Waals surface area contributed by atoms with Crippen LogP contribution in [0.1, 0.15) is 39.3 Å². The van der Waals surface area contributed by atoms with Crippen LogP contribution in [0.15, 0.2) is 101 Å². The van der Waals surface area contributed by atoms with Crippen molar-refractivity contribution in [1.82, 2.24) is 20.3 Å². The lowest BCUT2D eigenvalue weighted by atomic mass is 10.0. The Morgan fingerprint density at radius 2 is 1.43 bits per heavy atom. The molecule has 258 valence electrons. The third kappa shape index (κ3) is 12.2. The van der Waals surface area contributed by atoms with E-state index < -0.39 is 51.6 Å². The van der Waals surface area contributed by atoms with Crippen LogP contribution in [0.3, 0.4) is 0 Å². The molecule has 0 spiro atoms. The fourth-order valence-electron chi connectivity index (χ4n) is 5.01. The number of amides is 2. The molecule has 7 N–H and O–H groups in total. The molecule has 15 heteroatoms. The third-order valence-corrected chi connectivity index (χ3v) is 9.45. The number of rotatable bonds is 18. The van der Waals surface area contributed by atoms with E-state index in [-0.39, 0.29) is 42.5 Å². The molecule has 2 amide bonds. The van der Waals surface area contributed by atoms with Gasteiger partial charge >= 0.3 is 0 Å². The van der Waals surface area contributed by atoms with Crippen LogP contribution < -0.4 is 26.8 Å². The Kier molecular flexibility index (Phi) is 13.5. The van der Waals surface area contributed by atoms with Crippen LogP contribution in [0, 0.1) is 5.82 Å². The number of hydrogen-bond donors (Lipinski definition) is 5. The maximum absolute atomic E-state index is 14.2. The number of nitrogens with one attached hydrogen (secondary N) is 3. The number of sulfonamides is 1. The molecule has 4 aromatic rings. The highest BCUT2D eigenvalue weighted by Gasteiger charge is 2.32. The third-order valence-electron chi connectivity index (χ3n) is 7.30. The van der Waals surface area contributed by atoms with Gasteiger partial charge in [0.25, 0.3) is 0 Å². The fourth-order valence-corrected chi connectivity index (χ4v) is 6.98. The molecule has 0 fully saturated rings. The summed E-state index contributed by atoms with van der Waals surface area (Å²) in [5.41, 5.74) is 12.4. The number of thiazole rings is 1. The number of aliphatic imine (C=N–C) groups is 1. The number of hydrogen-bond acceptors (Lipinski definition) is 8. The standard InChI is InChI=1S/C34H38FN7O5S2/c35-26-14-7-13-25(19-26)21-28(31(44)40-27(15-8-16-39-34(36)37)30(43)33-38-17-18-48-33)41-32(45)29(20-23-9-3-1-4-10-23)42-49(46,47)22-24-11-5-2-6-12-24/h1-7,9-14,17-19,27-29,42H,8,15-16,20-22H2,(H,40,44)(H,41,45)(H4,36,37,39)/t27-,28-,29+/m0/s1. The van der Waals surface area contributed by atoms with E-state index in [9.17, 15) is 27.2 Å². The molecule has 0 aliphatic heterocycles. The van der Waals surface area contributed by atoms with Gasteiger partial charge in [-0.3, -0.25) is 19.4 Å². The van der Waals surface area contributed by atoms with E-state index in [1.807, 2.05) is 0 Å². The molecule has 3 aromatic carbocycles. The Bertz CT molecular complexity index is 1820. The van der Waals surface area contributed by atoms with Crippen molar-refractivity contribution in [3.63, 3.8) is 0 Å². The summed E-state index contributed by atoms with van der Waals surface area (Å²) in [6, 6.07) is 19.1. The lowest BCUT2D eigenvalue weighted by Crippen LogP contribution is -2.57. The van der Waals surface area contributed by atoms with E-state index in [0.29, 0.717) is 23.1 Å². The largest absolute Gasteiger partial charge is 0.370 e. The number of ketones is 1. The zero-order chi connectivity index (χ0) is 35.2. The number of guanidine groups is 1. The summed E-state index contributed by atoms with van der Waals surface area (Å²) in [5, 5.41) is 7.20. The van der Waals surface area contributed by atoms with Crippen LogP contribution in [-0.2, 0) is 38.2 Å². The minimum absolute atomic E-state index is 0.0229. The number of nitrogens with two attached hydrogens (primary N) is 2. The van der Waals surface area contributed by atoms with Crippen molar-refractivity contribution in [3.05, 3.63) is 124 Å². The van der Waals surface area contributed by atoms with E-state index in [0.717, 1.165) is 11.3 Å². The Hall–Kier alpha value is -4.99. The van der Waals surface area contributed by atoms with Gasteiger partial charge in [-0.05, 0) is 48.1 Å². The summed E-state index contributed by atoms with van der Waals surface area (Å²) in [6.07, 6.45) is 1.77. The van der Waals surface area contributed by atoms with Gasteiger partial charge in [-0.1, -0.05) is 72.8 Å². The van der Waals surface area contributed by atoms with E-state index in [1.165, 1.54) is 24.4 Å². The van der Waals surface area contributed by atoms with Gasteiger partial charge in [0.2, 0.25) is 27.6 Å². The minimum atomic E-state index is -4.03. The molecular formula is C34H38FN7O5S2. The summed E-state index contributed by atoms with van der Waals surface area (Å²) in [5.74, 6) is -3.00. The molecule has 1 heterocycles. The first-order chi connectivity index (χ1) is 23.5. The Labute approximate surface area is 288 Å². The average molecular weight is 708 g/mol. The molecular weight excluding hydrogens is 670 g/mol. The first-order valence-corrected chi connectivity index (χ1v) is 17.9. The zero-order valence-electron chi connectivity index (χ0n) is 26.5. The minimum Gasteiger partial charge on any atom is -0.370 e. The van der Waals surface area contributed by atoms with Gasteiger partial charge in [0.05, 0.1) is 11.8 Å². The van der Waals surface area contributed by atoms with Gasteiger partial charge in [-0.25, -0.2) is 22.5 Å². The van der Waals surface area contributed by atoms with Crippen molar-refractivity contribution in [3.8, 4) is 0 Å². The smallest absolute Gasteiger partial charge is 0.243 e. The second-order valence-electron chi connectivity index (χ2n) is 11.2.